The van der Waals surface area contributed by atoms with E-state index >= 15 is 0 Å². The summed E-state index contributed by atoms with van der Waals surface area (Å²) in [4.78, 5) is 2.36. The lowest BCUT2D eigenvalue weighted by Crippen LogP contribution is -2.47. The first kappa shape index (κ1) is 20.6. The molecule has 0 aromatic heterocycles. The van der Waals surface area contributed by atoms with Crippen molar-refractivity contribution >= 4 is 10.2 Å². The highest BCUT2D eigenvalue weighted by Crippen LogP contribution is 2.31. The Morgan fingerprint density at radius 3 is 2.48 bits per heavy atom. The van der Waals surface area contributed by atoms with Gasteiger partial charge in [0.25, 0.3) is 10.2 Å². The predicted molar refractivity (Wildman–Crippen MR) is 108 cm³/mol. The first-order chi connectivity index (χ1) is 13.0. The van der Waals surface area contributed by atoms with Gasteiger partial charge in [-0.05, 0) is 44.8 Å². The van der Waals surface area contributed by atoms with Gasteiger partial charge in [-0.3, -0.25) is 4.90 Å². The van der Waals surface area contributed by atoms with Crippen molar-refractivity contribution in [2.24, 2.45) is 0 Å². The number of ether oxygens (including phenoxy) is 1. The number of hydrogen-bond acceptors (Lipinski definition) is 4. The van der Waals surface area contributed by atoms with Crippen LogP contribution in [0.5, 0.6) is 5.75 Å². The Labute approximate surface area is 164 Å². The molecular weight excluding hydrogens is 362 g/mol. The fourth-order valence-corrected chi connectivity index (χ4v) is 5.53. The van der Waals surface area contributed by atoms with Crippen LogP contribution in [0.1, 0.15) is 56.6 Å². The number of nitrogens with zero attached hydrogens (tertiary/aromatic N) is 2. The van der Waals surface area contributed by atoms with Gasteiger partial charge < -0.3 is 4.74 Å². The van der Waals surface area contributed by atoms with Gasteiger partial charge in [0.1, 0.15) is 5.75 Å². The minimum atomic E-state index is -3.50. The number of likely N-dealkylation sites (tertiary alicyclic amines) is 1. The van der Waals surface area contributed by atoms with E-state index in [4.69, 9.17) is 4.74 Å². The second-order valence-corrected chi connectivity index (χ2v) is 9.48. The van der Waals surface area contributed by atoms with Crippen LogP contribution in [0.4, 0.5) is 0 Å². The molecule has 0 bridgehead atoms. The average Bonchev–Trinajstić information content (AvgIpc) is 3.23. The summed E-state index contributed by atoms with van der Waals surface area (Å²) < 4.78 is 35.8. The quantitative estimate of drug-likeness (QED) is 0.735. The SMILES string of the molecule is COc1ccccc1C(CNS(=O)(=O)N(C)C1CCCCC1)N1CCCC1. The normalized spacial score (nSPS) is 20.9. The van der Waals surface area contributed by atoms with Crippen LogP contribution >= 0.6 is 0 Å². The topological polar surface area (TPSA) is 61.9 Å². The van der Waals surface area contributed by atoms with Crippen molar-refractivity contribution in [2.45, 2.75) is 57.0 Å². The average molecular weight is 396 g/mol. The summed E-state index contributed by atoms with van der Waals surface area (Å²) in [5.74, 6) is 0.814. The third-order valence-electron chi connectivity index (χ3n) is 6.01. The van der Waals surface area contributed by atoms with Crippen LogP contribution in [0.25, 0.3) is 0 Å². The summed E-state index contributed by atoms with van der Waals surface area (Å²) in [5.41, 5.74) is 1.05. The Hall–Kier alpha value is -1.15. The first-order valence-corrected chi connectivity index (χ1v) is 11.6. The Morgan fingerprint density at radius 2 is 1.81 bits per heavy atom. The predicted octanol–water partition coefficient (Wildman–Crippen LogP) is 2.93. The van der Waals surface area contributed by atoms with Crippen molar-refractivity contribution in [3.8, 4) is 5.75 Å². The Kier molecular flexibility index (Phi) is 7.14. The number of rotatable bonds is 8. The number of benzene rings is 1. The van der Waals surface area contributed by atoms with E-state index in [1.807, 2.05) is 24.3 Å². The molecule has 1 aliphatic carbocycles. The smallest absolute Gasteiger partial charge is 0.279 e. The highest BCUT2D eigenvalue weighted by molar-refractivity contribution is 7.87. The Morgan fingerprint density at radius 1 is 1.15 bits per heavy atom. The lowest BCUT2D eigenvalue weighted by atomic mass is 9.96. The summed E-state index contributed by atoms with van der Waals surface area (Å²) in [5, 5.41) is 0. The van der Waals surface area contributed by atoms with Crippen LogP contribution in [0.15, 0.2) is 24.3 Å². The van der Waals surface area contributed by atoms with Crippen LogP contribution in [0, 0.1) is 0 Å². The fraction of sp³-hybridized carbons (Fsp3) is 0.700. The zero-order chi connectivity index (χ0) is 19.3. The van der Waals surface area contributed by atoms with Crippen LogP contribution in [-0.4, -0.2) is 57.5 Å². The minimum absolute atomic E-state index is 0.0156. The minimum Gasteiger partial charge on any atom is -0.496 e. The molecule has 2 aliphatic rings. The van der Waals surface area contributed by atoms with Gasteiger partial charge in [0.2, 0.25) is 0 Å². The zero-order valence-electron chi connectivity index (χ0n) is 16.6. The molecule has 0 radical (unpaired) electrons. The van der Waals surface area contributed by atoms with Crippen LogP contribution in [0.3, 0.4) is 0 Å². The van der Waals surface area contributed by atoms with Crippen molar-refractivity contribution in [1.29, 1.82) is 0 Å². The van der Waals surface area contributed by atoms with E-state index in [0.29, 0.717) is 6.54 Å². The molecule has 1 saturated carbocycles. The van der Waals surface area contributed by atoms with E-state index in [-0.39, 0.29) is 12.1 Å². The summed E-state index contributed by atoms with van der Waals surface area (Å²) in [6.07, 6.45) is 7.66. The summed E-state index contributed by atoms with van der Waals surface area (Å²) in [7, 11) is -0.114. The van der Waals surface area contributed by atoms with Gasteiger partial charge in [-0.25, -0.2) is 4.72 Å². The molecule has 1 unspecified atom stereocenters. The van der Waals surface area contributed by atoms with Gasteiger partial charge in [-0.2, -0.15) is 12.7 Å². The molecule has 1 aromatic carbocycles. The van der Waals surface area contributed by atoms with E-state index in [2.05, 4.69) is 9.62 Å². The largest absolute Gasteiger partial charge is 0.496 e. The van der Waals surface area contributed by atoms with Gasteiger partial charge in [-0.1, -0.05) is 37.5 Å². The molecule has 152 valence electrons. The molecule has 6 nitrogen and oxygen atoms in total. The third kappa shape index (κ3) is 5.02. The lowest BCUT2D eigenvalue weighted by Gasteiger charge is -2.33. The molecule has 2 fully saturated rings. The van der Waals surface area contributed by atoms with Crippen LogP contribution in [-0.2, 0) is 10.2 Å². The van der Waals surface area contributed by atoms with E-state index in [1.54, 1.807) is 18.5 Å². The summed E-state index contributed by atoms with van der Waals surface area (Å²) >= 11 is 0. The second-order valence-electron chi connectivity index (χ2n) is 7.66. The third-order valence-corrected chi connectivity index (χ3v) is 7.59. The van der Waals surface area contributed by atoms with Crippen LogP contribution < -0.4 is 9.46 Å². The van der Waals surface area contributed by atoms with Gasteiger partial charge in [0.05, 0.1) is 13.2 Å². The lowest BCUT2D eigenvalue weighted by molar-refractivity contribution is 0.237. The Balaban J connectivity index is 1.74. The van der Waals surface area contributed by atoms with E-state index in [9.17, 15) is 8.42 Å². The molecule has 7 heteroatoms. The molecular formula is C20H33N3O3S. The first-order valence-electron chi connectivity index (χ1n) is 10.1. The second kappa shape index (κ2) is 9.37. The molecule has 1 aliphatic heterocycles. The van der Waals surface area contributed by atoms with Crippen molar-refractivity contribution in [3.63, 3.8) is 0 Å². The molecule has 27 heavy (non-hydrogen) atoms. The maximum absolute atomic E-state index is 12.9. The molecule has 1 saturated heterocycles. The monoisotopic (exact) mass is 395 g/mol. The zero-order valence-corrected chi connectivity index (χ0v) is 17.4. The van der Waals surface area contributed by atoms with E-state index in [1.165, 1.54) is 6.42 Å². The molecule has 1 atom stereocenters. The Bertz CT molecular complexity index is 698. The molecule has 1 heterocycles. The van der Waals surface area contributed by atoms with Gasteiger partial charge in [-0.15, -0.1) is 0 Å². The van der Waals surface area contributed by atoms with Crippen molar-refractivity contribution in [2.75, 3.05) is 33.8 Å². The summed E-state index contributed by atoms with van der Waals surface area (Å²) in [6.45, 7) is 2.34. The number of nitrogens with one attached hydrogen (secondary N) is 1. The van der Waals surface area contributed by atoms with Gasteiger partial charge >= 0.3 is 0 Å². The van der Waals surface area contributed by atoms with Crippen molar-refractivity contribution < 1.29 is 13.2 Å². The molecule has 0 spiro atoms. The number of para-hydroxylation sites is 1. The maximum Gasteiger partial charge on any atom is 0.279 e. The molecule has 1 N–H and O–H groups in total. The number of hydrogen-bond donors (Lipinski definition) is 1. The highest BCUT2D eigenvalue weighted by Gasteiger charge is 2.31. The van der Waals surface area contributed by atoms with Crippen molar-refractivity contribution in [1.82, 2.24) is 13.9 Å². The highest BCUT2D eigenvalue weighted by atomic mass is 32.2. The van der Waals surface area contributed by atoms with E-state index < -0.39 is 10.2 Å². The standard InChI is InChI=1S/C20H33N3O3S/c1-22(17-10-4-3-5-11-17)27(24,25)21-16-19(23-14-8-9-15-23)18-12-6-7-13-20(18)26-2/h6-7,12-13,17,19,21H,3-5,8-11,14-16H2,1-2H3. The van der Waals surface area contributed by atoms with Crippen molar-refractivity contribution in [3.05, 3.63) is 29.8 Å². The molecule has 1 aromatic rings. The van der Waals surface area contributed by atoms with Gasteiger partial charge in [0, 0.05) is 25.2 Å². The summed E-state index contributed by atoms with van der Waals surface area (Å²) in [6, 6.07) is 8.03. The maximum atomic E-state index is 12.9. The number of methoxy groups -OCH3 is 1. The van der Waals surface area contributed by atoms with Crippen LogP contribution in [0.2, 0.25) is 0 Å². The van der Waals surface area contributed by atoms with E-state index in [0.717, 1.165) is 62.9 Å². The van der Waals surface area contributed by atoms with Gasteiger partial charge in [0.15, 0.2) is 0 Å². The molecule has 3 rings (SSSR count). The molecule has 0 amide bonds. The fourth-order valence-electron chi connectivity index (χ4n) is 4.36.